The Kier molecular flexibility index (Phi) is 6.54. The third-order valence-corrected chi connectivity index (χ3v) is 3.70. The maximum Gasteiger partial charge on any atom is 0.260 e. The fourth-order valence-corrected chi connectivity index (χ4v) is 2.52. The molecule has 0 spiro atoms. The minimum atomic E-state index is -0.395. The molecule has 1 aromatic carbocycles. The van der Waals surface area contributed by atoms with Crippen molar-refractivity contribution in [2.45, 2.75) is 19.9 Å². The van der Waals surface area contributed by atoms with Gasteiger partial charge in [-0.2, -0.15) is 0 Å². The molecule has 0 radical (unpaired) electrons. The lowest BCUT2D eigenvalue weighted by Gasteiger charge is -2.34. The maximum atomic E-state index is 13.1. The Bertz CT molecular complexity index is 572. The first kappa shape index (κ1) is 18.2. The Labute approximate surface area is 141 Å². The van der Waals surface area contributed by atoms with Crippen molar-refractivity contribution in [3.05, 3.63) is 30.1 Å². The van der Waals surface area contributed by atoms with Crippen molar-refractivity contribution in [2.75, 3.05) is 39.3 Å². The van der Waals surface area contributed by atoms with E-state index >= 15 is 0 Å². The number of benzene rings is 1. The maximum absolute atomic E-state index is 13.1. The van der Waals surface area contributed by atoms with Crippen LogP contribution in [0.4, 0.5) is 4.39 Å². The van der Waals surface area contributed by atoms with Crippen LogP contribution in [0.5, 0.6) is 5.75 Å². The molecule has 0 bridgehead atoms. The molecule has 0 aromatic heterocycles. The molecule has 0 atom stereocenters. The first-order chi connectivity index (χ1) is 11.4. The number of hydrogen-bond donors (Lipinski definition) is 1. The second kappa shape index (κ2) is 8.63. The first-order valence-electron chi connectivity index (χ1n) is 8.12. The number of carbonyl (C=O) groups excluding carboxylic acids is 2. The second-order valence-corrected chi connectivity index (χ2v) is 6.13. The lowest BCUT2D eigenvalue weighted by atomic mass is 10.3. The van der Waals surface area contributed by atoms with Gasteiger partial charge in [-0.05, 0) is 26.0 Å². The summed E-state index contributed by atoms with van der Waals surface area (Å²) in [7, 11) is 0. The molecule has 24 heavy (non-hydrogen) atoms. The molecule has 1 saturated heterocycles. The van der Waals surface area contributed by atoms with Crippen molar-refractivity contribution in [2.24, 2.45) is 0 Å². The molecule has 1 aliphatic rings. The normalized spacial score (nSPS) is 15.4. The van der Waals surface area contributed by atoms with Crippen molar-refractivity contribution in [3.8, 4) is 5.75 Å². The van der Waals surface area contributed by atoms with Gasteiger partial charge in [-0.1, -0.05) is 6.07 Å². The third kappa shape index (κ3) is 5.81. The van der Waals surface area contributed by atoms with Crippen LogP contribution in [0.3, 0.4) is 0 Å². The van der Waals surface area contributed by atoms with Crippen LogP contribution >= 0.6 is 0 Å². The van der Waals surface area contributed by atoms with E-state index in [4.69, 9.17) is 4.74 Å². The molecular weight excluding hydrogens is 313 g/mol. The summed E-state index contributed by atoms with van der Waals surface area (Å²) in [5, 5.41) is 2.86. The van der Waals surface area contributed by atoms with Gasteiger partial charge in [0, 0.05) is 38.3 Å². The van der Waals surface area contributed by atoms with Crippen LogP contribution in [0.15, 0.2) is 24.3 Å². The molecule has 2 amide bonds. The summed E-state index contributed by atoms with van der Waals surface area (Å²) in [6.45, 7) is 6.49. The van der Waals surface area contributed by atoms with E-state index in [9.17, 15) is 14.0 Å². The highest BCUT2D eigenvalue weighted by Crippen LogP contribution is 2.12. The Morgan fingerprint density at radius 1 is 1.25 bits per heavy atom. The second-order valence-electron chi connectivity index (χ2n) is 6.13. The third-order valence-electron chi connectivity index (χ3n) is 3.70. The van der Waals surface area contributed by atoms with Gasteiger partial charge in [-0.25, -0.2) is 4.39 Å². The smallest absolute Gasteiger partial charge is 0.260 e. The van der Waals surface area contributed by atoms with E-state index in [1.165, 1.54) is 18.2 Å². The predicted octanol–water partition coefficient (Wildman–Crippen LogP) is 0.873. The SMILES string of the molecule is CC(C)NC(=O)CN1CCN(C(=O)COc2cccc(F)c2)CC1. The van der Waals surface area contributed by atoms with E-state index in [1.807, 2.05) is 18.7 Å². The molecule has 1 fully saturated rings. The molecule has 1 heterocycles. The molecule has 1 N–H and O–H groups in total. The monoisotopic (exact) mass is 337 g/mol. The van der Waals surface area contributed by atoms with Crippen molar-refractivity contribution in [1.82, 2.24) is 15.1 Å². The molecule has 132 valence electrons. The number of nitrogens with one attached hydrogen (secondary N) is 1. The number of piperazine rings is 1. The van der Waals surface area contributed by atoms with E-state index in [0.29, 0.717) is 38.5 Å². The van der Waals surface area contributed by atoms with Crippen LogP contribution in [0.1, 0.15) is 13.8 Å². The quantitative estimate of drug-likeness (QED) is 0.837. The highest BCUT2D eigenvalue weighted by Gasteiger charge is 2.22. The summed E-state index contributed by atoms with van der Waals surface area (Å²) < 4.78 is 18.4. The van der Waals surface area contributed by atoms with Gasteiger partial charge in [0.1, 0.15) is 11.6 Å². The van der Waals surface area contributed by atoms with Gasteiger partial charge in [0.2, 0.25) is 5.91 Å². The lowest BCUT2D eigenvalue weighted by molar-refractivity contribution is -0.135. The average Bonchev–Trinajstić information content (AvgIpc) is 2.52. The summed E-state index contributed by atoms with van der Waals surface area (Å²) in [6, 6.07) is 5.85. The van der Waals surface area contributed by atoms with Gasteiger partial charge in [-0.15, -0.1) is 0 Å². The highest BCUT2D eigenvalue weighted by atomic mass is 19.1. The largest absolute Gasteiger partial charge is 0.484 e. The van der Waals surface area contributed by atoms with Crippen LogP contribution in [0.25, 0.3) is 0 Å². The zero-order valence-corrected chi connectivity index (χ0v) is 14.1. The highest BCUT2D eigenvalue weighted by molar-refractivity contribution is 5.79. The number of hydrogen-bond acceptors (Lipinski definition) is 4. The van der Waals surface area contributed by atoms with Crippen LogP contribution in [-0.4, -0.2) is 67.0 Å². The molecule has 7 heteroatoms. The van der Waals surface area contributed by atoms with E-state index < -0.39 is 5.82 Å². The Morgan fingerprint density at radius 2 is 1.96 bits per heavy atom. The number of amides is 2. The van der Waals surface area contributed by atoms with Crippen LogP contribution < -0.4 is 10.1 Å². The van der Waals surface area contributed by atoms with Gasteiger partial charge in [0.25, 0.3) is 5.91 Å². The number of nitrogens with zero attached hydrogens (tertiary/aromatic N) is 2. The van der Waals surface area contributed by atoms with Gasteiger partial charge in [0.15, 0.2) is 6.61 Å². The Hall–Kier alpha value is -2.15. The fourth-order valence-electron chi connectivity index (χ4n) is 2.52. The van der Waals surface area contributed by atoms with Gasteiger partial charge in [-0.3, -0.25) is 14.5 Å². The van der Waals surface area contributed by atoms with Crippen LogP contribution in [-0.2, 0) is 9.59 Å². The van der Waals surface area contributed by atoms with Crippen LogP contribution in [0, 0.1) is 5.82 Å². The molecule has 0 aliphatic carbocycles. The van der Waals surface area contributed by atoms with Crippen molar-refractivity contribution < 1.29 is 18.7 Å². The van der Waals surface area contributed by atoms with E-state index in [1.54, 1.807) is 11.0 Å². The van der Waals surface area contributed by atoms with E-state index in [0.717, 1.165) is 0 Å². The Morgan fingerprint density at radius 3 is 2.58 bits per heavy atom. The zero-order chi connectivity index (χ0) is 17.5. The first-order valence-corrected chi connectivity index (χ1v) is 8.12. The summed E-state index contributed by atoms with van der Waals surface area (Å²) in [4.78, 5) is 27.6. The van der Waals surface area contributed by atoms with Crippen LogP contribution in [0.2, 0.25) is 0 Å². The van der Waals surface area contributed by atoms with Gasteiger partial charge < -0.3 is 15.0 Å². The van der Waals surface area contributed by atoms with E-state index in [-0.39, 0.29) is 24.5 Å². The molecule has 1 aliphatic heterocycles. The van der Waals surface area contributed by atoms with Gasteiger partial charge >= 0.3 is 0 Å². The van der Waals surface area contributed by atoms with Crippen molar-refractivity contribution in [1.29, 1.82) is 0 Å². The average molecular weight is 337 g/mol. The molecular formula is C17H24FN3O3. The number of halogens is 1. The minimum Gasteiger partial charge on any atom is -0.484 e. The molecule has 0 unspecified atom stereocenters. The van der Waals surface area contributed by atoms with Crippen molar-refractivity contribution in [3.63, 3.8) is 0 Å². The van der Waals surface area contributed by atoms with Gasteiger partial charge in [0.05, 0.1) is 6.54 Å². The molecule has 0 saturated carbocycles. The number of rotatable bonds is 6. The summed E-state index contributed by atoms with van der Waals surface area (Å²) in [6.07, 6.45) is 0. The zero-order valence-electron chi connectivity index (χ0n) is 14.1. The summed E-state index contributed by atoms with van der Waals surface area (Å²) >= 11 is 0. The molecule has 1 aromatic rings. The van der Waals surface area contributed by atoms with Crippen molar-refractivity contribution >= 4 is 11.8 Å². The number of ether oxygens (including phenoxy) is 1. The molecule has 6 nitrogen and oxygen atoms in total. The van der Waals surface area contributed by atoms with E-state index in [2.05, 4.69) is 5.32 Å². The standard InChI is InChI=1S/C17H24FN3O3/c1-13(2)19-16(22)11-20-6-8-21(9-7-20)17(23)12-24-15-5-3-4-14(18)10-15/h3-5,10,13H,6-9,11-12H2,1-2H3,(H,19,22). The molecule has 2 rings (SSSR count). The minimum absolute atomic E-state index is 0.000728. The topological polar surface area (TPSA) is 61.9 Å². The summed E-state index contributed by atoms with van der Waals surface area (Å²) in [5.74, 6) is -0.190. The summed E-state index contributed by atoms with van der Waals surface area (Å²) in [5.41, 5.74) is 0. The fraction of sp³-hybridized carbons (Fsp3) is 0.529. The lowest BCUT2D eigenvalue weighted by Crippen LogP contribution is -2.52. The number of carbonyl (C=O) groups is 2. The Balaban J connectivity index is 1.71. The predicted molar refractivity (Wildman–Crippen MR) is 88.2 cm³/mol.